The molecule has 0 saturated heterocycles. The van der Waals surface area contributed by atoms with E-state index in [-0.39, 0.29) is 12.6 Å². The Kier molecular flexibility index (Phi) is 5.03. The molecular formula is C18H23NO3. The number of nitrogens with one attached hydrogen (secondary N) is 1. The number of hydrogen-bond donors (Lipinski definition) is 2. The first-order chi connectivity index (χ1) is 10.4. The van der Waals surface area contributed by atoms with E-state index in [0.717, 1.165) is 16.3 Å². The molecule has 0 aliphatic carbocycles. The number of hydrogen-bond acceptors (Lipinski definition) is 3. The fourth-order valence-corrected chi connectivity index (χ4v) is 2.37. The molecule has 0 spiro atoms. The number of carbonyl (C=O) groups is 1. The largest absolute Gasteiger partial charge is 0.444 e. The van der Waals surface area contributed by atoms with Gasteiger partial charge < -0.3 is 15.2 Å². The standard InChI is InChI=1S/C18H23NO3/c1-18(2,3)22-17(21)19-15(12-20)11-14-9-6-8-13-7-4-5-10-16(13)14/h4-10,15,20H,11-12H2,1-3H3,(H,19,21)/t15-/m0/s1. The van der Waals surface area contributed by atoms with Crippen LogP contribution >= 0.6 is 0 Å². The molecule has 4 heteroatoms. The van der Waals surface area contributed by atoms with Gasteiger partial charge in [-0.1, -0.05) is 42.5 Å². The lowest BCUT2D eigenvalue weighted by atomic mass is 9.99. The van der Waals surface area contributed by atoms with Gasteiger partial charge in [-0.2, -0.15) is 0 Å². The SMILES string of the molecule is CC(C)(C)OC(=O)N[C@H](CO)Cc1cccc2ccccc12. The van der Waals surface area contributed by atoms with Crippen molar-refractivity contribution >= 4 is 16.9 Å². The Hall–Kier alpha value is -2.07. The van der Waals surface area contributed by atoms with E-state index in [1.165, 1.54) is 0 Å². The van der Waals surface area contributed by atoms with Crippen LogP contribution in [0.3, 0.4) is 0 Å². The van der Waals surface area contributed by atoms with Gasteiger partial charge in [0.25, 0.3) is 0 Å². The molecule has 1 atom stereocenters. The van der Waals surface area contributed by atoms with Crippen molar-refractivity contribution in [1.29, 1.82) is 0 Å². The van der Waals surface area contributed by atoms with Crippen molar-refractivity contribution in [3.05, 3.63) is 48.0 Å². The van der Waals surface area contributed by atoms with Crippen LogP contribution in [-0.4, -0.2) is 29.4 Å². The number of rotatable bonds is 4. The number of aliphatic hydroxyl groups excluding tert-OH is 1. The second kappa shape index (κ2) is 6.79. The number of aliphatic hydroxyl groups is 1. The monoisotopic (exact) mass is 301 g/mol. The number of benzene rings is 2. The second-order valence-electron chi connectivity index (χ2n) is 6.37. The van der Waals surface area contributed by atoms with E-state index in [2.05, 4.69) is 5.32 Å². The third kappa shape index (κ3) is 4.46. The lowest BCUT2D eigenvalue weighted by Crippen LogP contribution is -2.42. The van der Waals surface area contributed by atoms with Gasteiger partial charge in [0.05, 0.1) is 12.6 Å². The van der Waals surface area contributed by atoms with Crippen LogP contribution in [0, 0.1) is 0 Å². The van der Waals surface area contributed by atoms with Crippen molar-refractivity contribution in [2.45, 2.75) is 38.8 Å². The second-order valence-corrected chi connectivity index (χ2v) is 6.37. The molecule has 0 aromatic heterocycles. The molecule has 0 bridgehead atoms. The van der Waals surface area contributed by atoms with Crippen LogP contribution in [0.4, 0.5) is 4.79 Å². The average molecular weight is 301 g/mol. The highest BCUT2D eigenvalue weighted by molar-refractivity contribution is 5.85. The smallest absolute Gasteiger partial charge is 0.407 e. The summed E-state index contributed by atoms with van der Waals surface area (Å²) >= 11 is 0. The number of amides is 1. The molecule has 2 N–H and O–H groups in total. The zero-order valence-corrected chi connectivity index (χ0v) is 13.3. The van der Waals surface area contributed by atoms with Crippen molar-refractivity contribution in [1.82, 2.24) is 5.32 Å². The molecule has 1 amide bonds. The van der Waals surface area contributed by atoms with Crippen LogP contribution in [-0.2, 0) is 11.2 Å². The maximum absolute atomic E-state index is 11.8. The third-order valence-corrected chi connectivity index (χ3v) is 3.29. The highest BCUT2D eigenvalue weighted by atomic mass is 16.6. The van der Waals surface area contributed by atoms with Crippen molar-refractivity contribution in [2.75, 3.05) is 6.61 Å². The molecule has 0 aliphatic rings. The number of alkyl carbamates (subject to hydrolysis) is 1. The molecule has 22 heavy (non-hydrogen) atoms. The molecule has 0 heterocycles. The number of fused-ring (bicyclic) bond motifs is 1. The molecule has 2 aromatic carbocycles. The molecule has 0 radical (unpaired) electrons. The van der Waals surface area contributed by atoms with Crippen molar-refractivity contribution in [3.63, 3.8) is 0 Å². The van der Waals surface area contributed by atoms with Gasteiger partial charge >= 0.3 is 6.09 Å². The summed E-state index contributed by atoms with van der Waals surface area (Å²) < 4.78 is 5.23. The Bertz CT molecular complexity index is 641. The first-order valence-corrected chi connectivity index (χ1v) is 7.46. The van der Waals surface area contributed by atoms with Gasteiger partial charge in [0.1, 0.15) is 5.60 Å². The summed E-state index contributed by atoms with van der Waals surface area (Å²) in [5.74, 6) is 0. The fourth-order valence-electron chi connectivity index (χ4n) is 2.37. The van der Waals surface area contributed by atoms with Crippen LogP contribution in [0.1, 0.15) is 26.3 Å². The molecular weight excluding hydrogens is 278 g/mol. The lowest BCUT2D eigenvalue weighted by molar-refractivity contribution is 0.0483. The van der Waals surface area contributed by atoms with E-state index in [4.69, 9.17) is 4.74 Å². The fraction of sp³-hybridized carbons (Fsp3) is 0.389. The van der Waals surface area contributed by atoms with Crippen molar-refractivity contribution < 1.29 is 14.6 Å². The van der Waals surface area contributed by atoms with E-state index in [9.17, 15) is 9.90 Å². The van der Waals surface area contributed by atoms with Crippen molar-refractivity contribution in [2.24, 2.45) is 0 Å². The Labute approximate surface area is 131 Å². The first kappa shape index (κ1) is 16.3. The summed E-state index contributed by atoms with van der Waals surface area (Å²) in [5.41, 5.74) is 0.539. The number of ether oxygens (including phenoxy) is 1. The van der Waals surface area contributed by atoms with Gasteiger partial charge in [0.2, 0.25) is 0 Å². The third-order valence-electron chi connectivity index (χ3n) is 3.29. The van der Waals surface area contributed by atoms with E-state index < -0.39 is 11.7 Å². The predicted octanol–water partition coefficient (Wildman–Crippen LogP) is 3.27. The molecule has 4 nitrogen and oxygen atoms in total. The van der Waals surface area contributed by atoms with E-state index >= 15 is 0 Å². The normalized spacial score (nSPS) is 12.9. The van der Waals surface area contributed by atoms with E-state index in [1.54, 1.807) is 0 Å². The Morgan fingerprint density at radius 2 is 1.86 bits per heavy atom. The minimum absolute atomic E-state index is 0.136. The molecule has 0 aliphatic heterocycles. The average Bonchev–Trinajstić information content (AvgIpc) is 2.45. The summed E-state index contributed by atoms with van der Waals surface area (Å²) in [6, 6.07) is 13.8. The van der Waals surface area contributed by atoms with E-state index in [0.29, 0.717) is 6.42 Å². The maximum atomic E-state index is 11.8. The van der Waals surface area contributed by atoms with Crippen LogP contribution < -0.4 is 5.32 Å². The van der Waals surface area contributed by atoms with Crippen LogP contribution in [0.15, 0.2) is 42.5 Å². The minimum atomic E-state index is -0.552. The van der Waals surface area contributed by atoms with Gasteiger partial charge in [-0.05, 0) is 43.5 Å². The van der Waals surface area contributed by atoms with Gasteiger partial charge in [-0.3, -0.25) is 0 Å². The Morgan fingerprint density at radius 3 is 2.55 bits per heavy atom. The first-order valence-electron chi connectivity index (χ1n) is 7.46. The number of carbonyl (C=O) groups excluding carboxylic acids is 1. The van der Waals surface area contributed by atoms with E-state index in [1.807, 2.05) is 63.2 Å². The van der Waals surface area contributed by atoms with Crippen LogP contribution in [0.25, 0.3) is 10.8 Å². The summed E-state index contributed by atoms with van der Waals surface area (Å²) in [6.07, 6.45) is 0.0451. The van der Waals surface area contributed by atoms with Crippen LogP contribution in [0.5, 0.6) is 0 Å². The predicted molar refractivity (Wildman–Crippen MR) is 87.9 cm³/mol. The lowest BCUT2D eigenvalue weighted by Gasteiger charge is -2.23. The summed E-state index contributed by atoms with van der Waals surface area (Å²) in [6.45, 7) is 5.30. The van der Waals surface area contributed by atoms with Gasteiger partial charge in [0.15, 0.2) is 0 Å². The molecule has 0 saturated carbocycles. The maximum Gasteiger partial charge on any atom is 0.407 e. The zero-order valence-electron chi connectivity index (χ0n) is 13.3. The molecule has 2 rings (SSSR count). The Morgan fingerprint density at radius 1 is 1.18 bits per heavy atom. The van der Waals surface area contributed by atoms with Crippen LogP contribution in [0.2, 0.25) is 0 Å². The summed E-state index contributed by atoms with van der Waals surface area (Å²) in [4.78, 5) is 11.8. The molecule has 118 valence electrons. The zero-order chi connectivity index (χ0) is 16.2. The topological polar surface area (TPSA) is 58.6 Å². The van der Waals surface area contributed by atoms with Gasteiger partial charge in [-0.25, -0.2) is 4.79 Å². The van der Waals surface area contributed by atoms with Gasteiger partial charge in [-0.15, -0.1) is 0 Å². The minimum Gasteiger partial charge on any atom is -0.444 e. The molecule has 0 fully saturated rings. The Balaban J connectivity index is 2.11. The quantitative estimate of drug-likeness (QED) is 0.911. The summed E-state index contributed by atoms with van der Waals surface area (Å²) in [5, 5.41) is 14.5. The van der Waals surface area contributed by atoms with Gasteiger partial charge in [0, 0.05) is 0 Å². The molecule has 2 aromatic rings. The summed E-state index contributed by atoms with van der Waals surface area (Å²) in [7, 11) is 0. The highest BCUT2D eigenvalue weighted by Crippen LogP contribution is 2.20. The van der Waals surface area contributed by atoms with Crippen molar-refractivity contribution in [3.8, 4) is 0 Å². The molecule has 0 unspecified atom stereocenters. The highest BCUT2D eigenvalue weighted by Gasteiger charge is 2.19.